The zero-order valence-electron chi connectivity index (χ0n) is 28.1. The fourth-order valence-electron chi connectivity index (χ4n) is 5.73. The van der Waals surface area contributed by atoms with Crippen molar-refractivity contribution in [3.05, 3.63) is 34.9 Å². The number of rotatable bonds is 4. The van der Waals surface area contributed by atoms with Crippen LogP contribution in [0.3, 0.4) is 0 Å². The van der Waals surface area contributed by atoms with Gasteiger partial charge < -0.3 is 14.2 Å². The molecule has 2 saturated heterocycles. The van der Waals surface area contributed by atoms with Gasteiger partial charge in [0.2, 0.25) is 0 Å². The third kappa shape index (κ3) is 13.4. The van der Waals surface area contributed by atoms with Crippen molar-refractivity contribution in [2.75, 3.05) is 39.5 Å². The van der Waals surface area contributed by atoms with Gasteiger partial charge in [0.1, 0.15) is 5.78 Å². The number of hydrogen-bond donors (Lipinski definition) is 0. The number of morpholine rings is 1. The highest BCUT2D eigenvalue weighted by Crippen LogP contribution is 2.36. The Hall–Kier alpha value is -1.60. The molecule has 0 saturated carbocycles. The summed E-state index contributed by atoms with van der Waals surface area (Å²) in [6, 6.07) is 0.689. The van der Waals surface area contributed by atoms with Crippen molar-refractivity contribution in [3.8, 4) is 0 Å². The molecule has 0 N–H and O–H groups in total. The maximum atomic E-state index is 10.9. The molecule has 5 aliphatic rings. The lowest BCUT2D eigenvalue weighted by Gasteiger charge is -2.31. The molecule has 0 unspecified atom stereocenters. The maximum Gasteiger partial charge on any atom is 0.172 e. The number of hydrogen-bond acceptors (Lipinski definition) is 6. The van der Waals surface area contributed by atoms with Gasteiger partial charge in [-0.3, -0.25) is 14.5 Å². The summed E-state index contributed by atoms with van der Waals surface area (Å²) in [5.41, 5.74) is 4.35. The van der Waals surface area contributed by atoms with E-state index >= 15 is 0 Å². The van der Waals surface area contributed by atoms with Gasteiger partial charge in [-0.2, -0.15) is 0 Å². The van der Waals surface area contributed by atoms with Crippen LogP contribution in [0.5, 0.6) is 0 Å². The van der Waals surface area contributed by atoms with E-state index in [1.165, 1.54) is 11.1 Å². The quantitative estimate of drug-likeness (QED) is 0.312. The van der Waals surface area contributed by atoms with Crippen LogP contribution in [-0.4, -0.2) is 67.8 Å². The Balaban J connectivity index is 0.000000198. The lowest BCUT2D eigenvalue weighted by atomic mass is 9.88. The second-order valence-corrected chi connectivity index (χ2v) is 13.4. The summed E-state index contributed by atoms with van der Waals surface area (Å²) in [6.45, 7) is 23.2. The summed E-state index contributed by atoms with van der Waals surface area (Å²) in [7, 11) is 0. The van der Waals surface area contributed by atoms with E-state index in [4.69, 9.17) is 14.2 Å². The molecule has 5 rings (SSSR count). The number of allylic oxidation sites excluding steroid dienone is 5. The number of nitrogens with zero attached hydrogens (tertiary/aromatic N) is 1. The Bertz CT molecular complexity index is 915. The summed E-state index contributed by atoms with van der Waals surface area (Å²) in [4.78, 5) is 24.1. The van der Waals surface area contributed by atoms with Crippen LogP contribution >= 0.6 is 0 Å². The molecule has 0 radical (unpaired) electrons. The molecule has 3 aliphatic carbocycles. The predicted octanol–water partition coefficient (Wildman–Crippen LogP) is 7.87. The molecule has 0 aromatic carbocycles. The molecule has 0 amide bonds. The molecule has 0 bridgehead atoms. The molecule has 6 heteroatoms. The largest absolute Gasteiger partial charge is 0.379 e. The van der Waals surface area contributed by atoms with Crippen molar-refractivity contribution in [1.29, 1.82) is 0 Å². The Morgan fingerprint density at radius 3 is 1.69 bits per heavy atom. The average Bonchev–Trinajstić information content (AvgIpc) is 3.42. The first-order chi connectivity index (χ1) is 19.9. The molecule has 0 atom stereocenters. The Kier molecular flexibility index (Phi) is 16.5. The number of Topliss-reactive ketones (excluding diaryl/α,β-unsaturated/α-hetero) is 1. The summed E-state index contributed by atoms with van der Waals surface area (Å²) in [5.74, 6) is 2.34. The van der Waals surface area contributed by atoms with Gasteiger partial charge in [0.25, 0.3) is 0 Å². The van der Waals surface area contributed by atoms with Crippen LogP contribution in [-0.2, 0) is 23.8 Å². The topological polar surface area (TPSA) is 65.1 Å². The van der Waals surface area contributed by atoms with Gasteiger partial charge >= 0.3 is 0 Å². The Morgan fingerprint density at radius 1 is 0.690 bits per heavy atom. The molecule has 2 fully saturated rings. The zero-order valence-corrected chi connectivity index (χ0v) is 28.1. The highest BCUT2D eigenvalue weighted by Gasteiger charge is 2.37. The third-order valence-corrected chi connectivity index (χ3v) is 8.80. The summed E-state index contributed by atoms with van der Waals surface area (Å²) in [5, 5.41) is 0. The average molecular weight is 588 g/mol. The van der Waals surface area contributed by atoms with Crippen molar-refractivity contribution in [2.45, 2.75) is 125 Å². The van der Waals surface area contributed by atoms with Crippen LogP contribution in [0, 0.1) is 17.8 Å². The first-order valence-corrected chi connectivity index (χ1v) is 16.6. The highest BCUT2D eigenvalue weighted by atomic mass is 16.7. The van der Waals surface area contributed by atoms with Gasteiger partial charge in [-0.25, -0.2) is 0 Å². The lowest BCUT2D eigenvalue weighted by Crippen LogP contribution is -2.40. The van der Waals surface area contributed by atoms with E-state index in [1.54, 1.807) is 5.57 Å². The fraction of sp³-hybridized carbons (Fsp3) is 0.778. The van der Waals surface area contributed by atoms with Gasteiger partial charge in [0, 0.05) is 51.2 Å². The van der Waals surface area contributed by atoms with Gasteiger partial charge in [-0.05, 0) is 63.4 Å². The van der Waals surface area contributed by atoms with Gasteiger partial charge in [0.05, 0.1) is 26.4 Å². The minimum absolute atomic E-state index is 0.238. The molecule has 2 heterocycles. The zero-order chi connectivity index (χ0) is 31.1. The SMILES string of the molecule is CC(C)C1=CC(=O)CCC1.CC(C)C1=CCC(=O)CC1.CC(C)C1=CCC2(CC1)OCCO2.CC(C)N1CCOCC1. The van der Waals surface area contributed by atoms with Crippen molar-refractivity contribution < 1.29 is 23.8 Å². The van der Waals surface area contributed by atoms with E-state index in [1.807, 2.05) is 6.08 Å². The Labute approximate surface area is 257 Å². The minimum Gasteiger partial charge on any atom is -0.379 e. The predicted molar refractivity (Wildman–Crippen MR) is 172 cm³/mol. The van der Waals surface area contributed by atoms with Crippen LogP contribution < -0.4 is 0 Å². The van der Waals surface area contributed by atoms with Crippen molar-refractivity contribution in [2.24, 2.45) is 17.8 Å². The third-order valence-electron chi connectivity index (χ3n) is 8.80. The van der Waals surface area contributed by atoms with Gasteiger partial charge in [-0.1, -0.05) is 70.4 Å². The van der Waals surface area contributed by atoms with E-state index in [0.717, 1.165) is 90.9 Å². The summed E-state index contributed by atoms with van der Waals surface area (Å²) in [6.07, 6.45) is 14.7. The number of ketones is 2. The smallest absolute Gasteiger partial charge is 0.172 e. The monoisotopic (exact) mass is 587 g/mol. The highest BCUT2D eigenvalue weighted by molar-refractivity contribution is 5.91. The fourth-order valence-corrected chi connectivity index (χ4v) is 5.73. The molecule has 42 heavy (non-hydrogen) atoms. The van der Waals surface area contributed by atoms with Gasteiger partial charge in [-0.15, -0.1) is 0 Å². The first-order valence-electron chi connectivity index (χ1n) is 16.6. The molecule has 1 spiro atoms. The van der Waals surface area contributed by atoms with Crippen molar-refractivity contribution in [1.82, 2.24) is 4.90 Å². The molecule has 0 aromatic rings. The van der Waals surface area contributed by atoms with Crippen LogP contribution in [0.1, 0.15) is 113 Å². The lowest BCUT2D eigenvalue weighted by molar-refractivity contribution is -0.161. The molecular weight excluding hydrogens is 526 g/mol. The standard InChI is InChI=1S/C11H18O2.2C9H14O.C7H15NO/c1-9(2)10-3-5-11(6-4-10)12-7-8-13-11;1-7(2)8-3-5-9(10)6-4-8;1-7(2)8-4-3-5-9(10)6-8;1-7(2)8-3-5-9-6-4-8/h3,9H,4-8H2,1-2H3;3,7H,4-6H2,1-2H3;6-7H,3-5H2,1-2H3;7H,3-6H2,1-2H3. The normalized spacial score (nSPS) is 22.5. The number of carbonyl (C=O) groups is 2. The maximum absolute atomic E-state index is 10.9. The molecule has 2 aliphatic heterocycles. The van der Waals surface area contributed by atoms with E-state index in [2.05, 4.69) is 72.4 Å². The van der Waals surface area contributed by atoms with Crippen LogP contribution in [0.2, 0.25) is 0 Å². The van der Waals surface area contributed by atoms with Gasteiger partial charge in [0.15, 0.2) is 11.6 Å². The molecular formula is C36H61NO5. The number of ether oxygens (including phenoxy) is 3. The van der Waals surface area contributed by atoms with E-state index in [9.17, 15) is 9.59 Å². The molecule has 0 aromatic heterocycles. The van der Waals surface area contributed by atoms with Crippen LogP contribution in [0.25, 0.3) is 0 Å². The van der Waals surface area contributed by atoms with Crippen molar-refractivity contribution in [3.63, 3.8) is 0 Å². The van der Waals surface area contributed by atoms with Crippen molar-refractivity contribution >= 4 is 11.6 Å². The van der Waals surface area contributed by atoms with E-state index in [-0.39, 0.29) is 5.79 Å². The van der Waals surface area contributed by atoms with E-state index < -0.39 is 0 Å². The second kappa shape index (κ2) is 18.9. The molecule has 6 nitrogen and oxygen atoms in total. The summed E-state index contributed by atoms with van der Waals surface area (Å²) >= 11 is 0. The van der Waals surface area contributed by atoms with E-state index in [0.29, 0.717) is 41.8 Å². The van der Waals surface area contributed by atoms with Crippen LogP contribution in [0.15, 0.2) is 34.9 Å². The summed E-state index contributed by atoms with van der Waals surface area (Å²) < 4.78 is 16.5. The minimum atomic E-state index is -0.238. The number of carbonyl (C=O) groups excluding carboxylic acids is 2. The van der Waals surface area contributed by atoms with Crippen LogP contribution in [0.4, 0.5) is 0 Å². The second-order valence-electron chi connectivity index (χ2n) is 13.4. The Morgan fingerprint density at radius 2 is 1.29 bits per heavy atom. The first kappa shape index (κ1) is 36.6. The molecule has 240 valence electrons.